The van der Waals surface area contributed by atoms with Gasteiger partial charge in [-0.05, 0) is 11.1 Å². The summed E-state index contributed by atoms with van der Waals surface area (Å²) in [7, 11) is 5.82. The van der Waals surface area contributed by atoms with Crippen LogP contribution in [0.4, 0.5) is 0 Å². The number of hydrogen-bond acceptors (Lipinski definition) is 15. The monoisotopic (exact) mass is 1010 g/mol. The number of carbonyl (C=O) groups is 5. The van der Waals surface area contributed by atoms with E-state index in [1.165, 1.54) is 41.4 Å². The molecule has 4 aliphatic heterocycles. The van der Waals surface area contributed by atoms with Gasteiger partial charge in [-0.1, -0.05) is 97.7 Å². The van der Waals surface area contributed by atoms with Gasteiger partial charge in [0.25, 0.3) is 0 Å². The van der Waals surface area contributed by atoms with Crippen LogP contribution in [0.2, 0.25) is 10.0 Å². The van der Waals surface area contributed by atoms with Gasteiger partial charge in [0.2, 0.25) is 22.8 Å². The van der Waals surface area contributed by atoms with Crippen LogP contribution < -0.4 is 28.4 Å². The number of hydrogen-bond donors (Lipinski definition) is 1. The van der Waals surface area contributed by atoms with Gasteiger partial charge in [0.05, 0.1) is 35.0 Å². The van der Waals surface area contributed by atoms with E-state index in [-0.39, 0.29) is 131 Å². The van der Waals surface area contributed by atoms with Crippen molar-refractivity contribution >= 4 is 52.3 Å². The Kier molecular flexibility index (Phi) is 12.9. The number of carbonyl (C=O) groups excluding carboxylic acids is 5. The molecule has 10 rings (SSSR count). The molecule has 15 nitrogen and oxygen atoms in total. The van der Waals surface area contributed by atoms with E-state index in [4.69, 9.17) is 65.8 Å². The maximum absolute atomic E-state index is 14.2. The van der Waals surface area contributed by atoms with Gasteiger partial charge >= 0.3 is 5.97 Å². The van der Waals surface area contributed by atoms with E-state index in [2.05, 4.69) is 0 Å². The molecule has 71 heavy (non-hydrogen) atoms. The topological polar surface area (TPSA) is 189 Å². The number of benzene rings is 4. The zero-order chi connectivity index (χ0) is 50.8. The Labute approximate surface area is 419 Å². The summed E-state index contributed by atoms with van der Waals surface area (Å²) >= 11 is 13.1. The zero-order valence-corrected chi connectivity index (χ0v) is 41.7. The van der Waals surface area contributed by atoms with E-state index in [0.29, 0.717) is 22.6 Å². The lowest BCUT2D eigenvalue weighted by Gasteiger charge is -2.38. The fraction of sp³-hybridized carbons (Fsp3) is 0.389. The Bertz CT molecular complexity index is 2950. The number of ketones is 4. The summed E-state index contributed by atoms with van der Waals surface area (Å²) in [5, 5.41) is 10.2. The fourth-order valence-corrected chi connectivity index (χ4v) is 11.5. The molecule has 6 atom stereocenters. The molecule has 0 bridgehead atoms. The van der Waals surface area contributed by atoms with Gasteiger partial charge in [0.1, 0.15) is 55.4 Å². The third-order valence-corrected chi connectivity index (χ3v) is 15.3. The van der Waals surface area contributed by atoms with Crippen molar-refractivity contribution in [2.75, 3.05) is 41.7 Å². The summed E-state index contributed by atoms with van der Waals surface area (Å²) < 4.78 is 53.0. The van der Waals surface area contributed by atoms with Crippen molar-refractivity contribution in [1.82, 2.24) is 0 Å². The molecule has 0 aromatic heterocycles. The Morgan fingerprint density at radius 2 is 1.01 bits per heavy atom. The van der Waals surface area contributed by atoms with E-state index < -0.39 is 40.2 Å². The second kappa shape index (κ2) is 18.6. The molecule has 0 amide bonds. The number of esters is 1. The molecule has 4 aromatic carbocycles. The molecule has 0 fully saturated rings. The molecule has 2 spiro atoms. The molecule has 0 saturated carbocycles. The highest BCUT2D eigenvalue weighted by atomic mass is 35.5. The van der Waals surface area contributed by atoms with Gasteiger partial charge in [0, 0.05) is 87.2 Å². The molecule has 1 N–H and O–H groups in total. The number of aliphatic hydroxyl groups excluding tert-OH is 1. The van der Waals surface area contributed by atoms with Crippen molar-refractivity contribution in [3.63, 3.8) is 0 Å². The lowest BCUT2D eigenvalue weighted by atomic mass is 9.72. The first-order chi connectivity index (χ1) is 34.0. The molecular weight excluding hydrogens is 959 g/mol. The summed E-state index contributed by atoms with van der Waals surface area (Å²) in [4.78, 5) is 66.3. The molecule has 4 heterocycles. The highest BCUT2D eigenvalue weighted by Crippen LogP contribution is 2.62. The molecule has 0 radical (unpaired) electrons. The predicted molar refractivity (Wildman–Crippen MR) is 257 cm³/mol. The minimum atomic E-state index is -1.60. The Hall–Kier alpha value is -6.55. The van der Waals surface area contributed by atoms with Crippen LogP contribution in [0.15, 0.2) is 95.5 Å². The minimum absolute atomic E-state index is 0.0768. The van der Waals surface area contributed by atoms with Crippen molar-refractivity contribution in [2.45, 2.75) is 81.7 Å². The lowest BCUT2D eigenvalue weighted by Crippen LogP contribution is -2.52. The fourth-order valence-electron chi connectivity index (χ4n) is 11.0. The van der Waals surface area contributed by atoms with Crippen molar-refractivity contribution in [3.05, 3.63) is 128 Å². The highest BCUT2D eigenvalue weighted by Gasteiger charge is 2.67. The van der Waals surface area contributed by atoms with Crippen LogP contribution in [0.25, 0.3) is 0 Å². The summed E-state index contributed by atoms with van der Waals surface area (Å²) in [6.07, 6.45) is 1.18. The van der Waals surface area contributed by atoms with Gasteiger partial charge in [-0.2, -0.15) is 0 Å². The van der Waals surface area contributed by atoms with Gasteiger partial charge in [-0.15, -0.1) is 0 Å². The van der Waals surface area contributed by atoms with E-state index in [9.17, 15) is 29.1 Å². The maximum atomic E-state index is 14.2. The molecule has 4 aromatic rings. The van der Waals surface area contributed by atoms with Crippen LogP contribution >= 0.6 is 23.2 Å². The first-order valence-electron chi connectivity index (χ1n) is 23.1. The molecule has 17 heteroatoms. The average Bonchev–Trinajstić information content (AvgIpc) is 4.13. The first-order valence-corrected chi connectivity index (χ1v) is 23.9. The Morgan fingerprint density at radius 3 is 1.38 bits per heavy atom. The van der Waals surface area contributed by atoms with Crippen LogP contribution in [-0.4, -0.2) is 87.1 Å². The Balaban J connectivity index is 0.000000176. The number of methoxy groups -OCH3 is 4. The summed E-state index contributed by atoms with van der Waals surface area (Å²) in [6, 6.07) is 21.9. The largest absolute Gasteiger partial charge is 0.496 e. The smallest absolute Gasteiger partial charge is 0.302 e. The normalized spacial score (nSPS) is 26.6. The number of rotatable bonds is 11. The van der Waals surface area contributed by atoms with Gasteiger partial charge < -0.3 is 47.7 Å². The van der Waals surface area contributed by atoms with Crippen molar-refractivity contribution in [1.29, 1.82) is 0 Å². The summed E-state index contributed by atoms with van der Waals surface area (Å²) in [6.45, 7) is 4.84. The molecule has 2 aliphatic carbocycles. The third kappa shape index (κ3) is 7.52. The van der Waals surface area contributed by atoms with Crippen LogP contribution in [0, 0.1) is 11.8 Å². The predicted octanol–water partition coefficient (Wildman–Crippen LogP) is 9.04. The van der Waals surface area contributed by atoms with E-state index in [0.717, 1.165) is 11.1 Å². The van der Waals surface area contributed by atoms with Crippen LogP contribution in [0.1, 0.15) is 91.1 Å². The van der Waals surface area contributed by atoms with E-state index in [1.807, 2.05) is 60.7 Å². The van der Waals surface area contributed by atoms with Crippen LogP contribution in [0.3, 0.4) is 0 Å². The quantitative estimate of drug-likeness (QED) is 0.140. The molecular formula is C54H52Cl2O15. The van der Waals surface area contributed by atoms with Crippen LogP contribution in [0.5, 0.6) is 34.5 Å². The second-order valence-electron chi connectivity index (χ2n) is 18.4. The number of fused-ring (bicyclic) bond motifs is 4. The Morgan fingerprint density at radius 1 is 0.620 bits per heavy atom. The molecule has 2 unspecified atom stereocenters. The standard InChI is InChI=1S/C28H27ClO8.C26H25ClO7/c1-15-12-19(31)18-14-27(10-11-35-16(2)30,17-8-6-5-7-9-17)37-26(18)28(15)25(32)22-20(33-3)13-21(34-4)23(29)24(22)36-28;1-14-11-17(29)16-13-25(9-10-28,15-7-5-4-6-8-15)34-24(16)26(14)23(30)20-18(31-2)12-19(32-3)21(27)22(20)33-26/h5-9,13,15H,10-12,14H2,1-4H3;4-8,12,14,28H,9-11,13H2,1-3H3/t15-,27?,28-;14-,25?,26-/m11/s1. The van der Waals surface area contributed by atoms with E-state index >= 15 is 0 Å². The lowest BCUT2D eigenvalue weighted by molar-refractivity contribution is -0.143. The number of ether oxygens (including phenoxy) is 9. The highest BCUT2D eigenvalue weighted by molar-refractivity contribution is 6.36. The van der Waals surface area contributed by atoms with Crippen molar-refractivity contribution in [3.8, 4) is 34.5 Å². The van der Waals surface area contributed by atoms with Crippen molar-refractivity contribution in [2.24, 2.45) is 11.8 Å². The SMILES string of the molecule is COc1cc(OC)c2c(c1Cl)O[C@]1(C2=O)C2=C(CC(CCO)(c3ccccc3)O2)C(=O)C[C@H]1C.COc1cc(OC)c2c(c1Cl)O[C@]1(C2=O)C2=C(CC(CCOC(C)=O)(c3ccccc3)O2)C(=O)C[C@H]1C. The van der Waals surface area contributed by atoms with Gasteiger partial charge in [0.15, 0.2) is 34.6 Å². The third-order valence-electron chi connectivity index (χ3n) is 14.6. The number of aliphatic hydroxyl groups is 1. The minimum Gasteiger partial charge on any atom is -0.496 e. The second-order valence-corrected chi connectivity index (χ2v) is 19.2. The van der Waals surface area contributed by atoms with Crippen molar-refractivity contribution < 1.29 is 71.7 Å². The maximum Gasteiger partial charge on any atom is 0.302 e. The molecule has 372 valence electrons. The van der Waals surface area contributed by atoms with Gasteiger partial charge in [-0.3, -0.25) is 24.0 Å². The van der Waals surface area contributed by atoms with Crippen LogP contribution in [-0.2, 0) is 39.8 Å². The molecule has 6 aliphatic rings. The number of Topliss-reactive ketones (excluding diaryl/α,β-unsaturated/α-hetero) is 4. The summed E-state index contributed by atoms with van der Waals surface area (Å²) in [5.41, 5.74) is -2.39. The van der Waals surface area contributed by atoms with Gasteiger partial charge in [-0.25, -0.2) is 0 Å². The van der Waals surface area contributed by atoms with E-state index in [1.54, 1.807) is 19.9 Å². The first kappa shape index (κ1) is 49.4. The zero-order valence-electron chi connectivity index (χ0n) is 40.2. The summed E-state index contributed by atoms with van der Waals surface area (Å²) in [5.74, 6) is -0.651. The average molecular weight is 1010 g/mol. The molecule has 0 saturated heterocycles. The number of halogens is 2.